The lowest BCUT2D eigenvalue weighted by Crippen LogP contribution is -2.47. The van der Waals surface area contributed by atoms with Gasteiger partial charge in [-0.25, -0.2) is 17.8 Å². The van der Waals surface area contributed by atoms with E-state index in [4.69, 9.17) is 0 Å². The van der Waals surface area contributed by atoms with E-state index in [0.717, 1.165) is 35.5 Å². The number of rotatable bonds is 11. The number of amides is 1. The summed E-state index contributed by atoms with van der Waals surface area (Å²) in [6.07, 6.45) is -4.72. The van der Waals surface area contributed by atoms with Crippen LogP contribution in [0.5, 0.6) is 0 Å². The van der Waals surface area contributed by atoms with Gasteiger partial charge in [0.2, 0.25) is 5.28 Å². The number of alkyl halides is 3. The predicted octanol–water partition coefficient (Wildman–Crippen LogP) is 3.96. The Hall–Kier alpha value is -4.67. The zero-order valence-electron chi connectivity index (χ0n) is 23.7. The Bertz CT molecular complexity index is 1590. The highest BCUT2D eigenvalue weighted by Crippen LogP contribution is 2.33. The van der Waals surface area contributed by atoms with Crippen molar-refractivity contribution in [3.05, 3.63) is 71.1 Å². The number of aromatic nitrogens is 2. The number of hydrogen-bond acceptors (Lipinski definition) is 9. The molecule has 0 fully saturated rings. The summed E-state index contributed by atoms with van der Waals surface area (Å²) in [5.41, 5.74) is 0.482. The van der Waals surface area contributed by atoms with Crippen molar-refractivity contribution >= 4 is 21.9 Å². The van der Waals surface area contributed by atoms with Crippen LogP contribution in [0.2, 0.25) is 0 Å². The molecule has 1 aromatic heterocycles. The largest absolute Gasteiger partial charge is 0.569 e. The van der Waals surface area contributed by atoms with Crippen molar-refractivity contribution in [3.63, 3.8) is 0 Å². The van der Waals surface area contributed by atoms with E-state index in [-0.39, 0.29) is 21.2 Å². The number of sulfonamides is 1. The minimum Gasteiger partial charge on any atom is -0.569 e. The topological polar surface area (TPSA) is 158 Å². The lowest BCUT2D eigenvalue weighted by Gasteiger charge is -2.19. The molecule has 0 bridgehead atoms. The summed E-state index contributed by atoms with van der Waals surface area (Å²) in [4.78, 5) is 28.1. The third kappa shape index (κ3) is 8.21. The molecule has 0 saturated heterocycles. The average Bonchev–Trinajstić information content (AvgIpc) is 3.40. The third-order valence-corrected chi connectivity index (χ3v) is 7.40. The van der Waals surface area contributed by atoms with Gasteiger partial charge >= 0.3 is 12.1 Å². The molecule has 0 spiro atoms. The molecule has 17 heteroatoms. The van der Waals surface area contributed by atoms with Gasteiger partial charge in [-0.2, -0.15) is 18.3 Å². The zero-order valence-corrected chi connectivity index (χ0v) is 24.5. The molecule has 0 aliphatic heterocycles. The molecule has 0 saturated carbocycles. The first-order valence-electron chi connectivity index (χ1n) is 12.6. The van der Waals surface area contributed by atoms with E-state index in [9.17, 15) is 36.4 Å². The van der Waals surface area contributed by atoms with Crippen LogP contribution in [0, 0.1) is 18.0 Å². The molecule has 2 aromatic carbocycles. The molecule has 0 radical (unpaired) electrons. The van der Waals surface area contributed by atoms with E-state index >= 15 is 0 Å². The highest BCUT2D eigenvalue weighted by molar-refractivity contribution is 7.90. The van der Waals surface area contributed by atoms with Crippen molar-refractivity contribution < 1.29 is 45.7 Å². The number of halogens is 3. The van der Waals surface area contributed by atoms with Crippen molar-refractivity contribution in [1.29, 1.82) is 0 Å². The Morgan fingerprint density at radius 2 is 1.72 bits per heavy atom. The van der Waals surface area contributed by atoms with E-state index < -0.39 is 52.5 Å². The van der Waals surface area contributed by atoms with Crippen molar-refractivity contribution in [2.24, 2.45) is 11.2 Å². The second kappa shape index (κ2) is 13.1. The predicted molar refractivity (Wildman–Crippen MR) is 144 cm³/mol. The molecule has 3 rings (SSSR count). The quantitative estimate of drug-likeness (QED) is 0.0831. The van der Waals surface area contributed by atoms with Crippen molar-refractivity contribution in [2.45, 2.75) is 44.8 Å². The van der Waals surface area contributed by atoms with Crippen LogP contribution in [-0.2, 0) is 35.4 Å². The minimum atomic E-state index is -4.72. The molecule has 3 aromatic rings. The van der Waals surface area contributed by atoms with Gasteiger partial charge in [0.1, 0.15) is 0 Å². The third-order valence-electron chi connectivity index (χ3n) is 6.04. The van der Waals surface area contributed by atoms with E-state index in [0.29, 0.717) is 10.6 Å². The fourth-order valence-corrected chi connectivity index (χ4v) is 4.44. The molecule has 43 heavy (non-hydrogen) atoms. The number of nitrogens with one attached hydrogen (secondary N) is 1. The highest BCUT2D eigenvalue weighted by Gasteiger charge is 2.35. The fraction of sp³-hybridized carbons (Fsp3) is 0.346. The Labute approximate surface area is 245 Å². The second-order valence-electron chi connectivity index (χ2n) is 9.60. The number of hydrazine groups is 1. The first-order chi connectivity index (χ1) is 20.0. The smallest absolute Gasteiger partial charge is 0.435 e. The normalized spacial score (nSPS) is 13.0. The highest BCUT2D eigenvalue weighted by atomic mass is 32.2. The number of nitrogens with zero attached hydrogens (tertiary/aromatic N) is 5. The number of ether oxygens (including phenoxy) is 1. The molecule has 0 aliphatic rings. The van der Waals surface area contributed by atoms with Crippen LogP contribution < -0.4 is 4.72 Å². The van der Waals surface area contributed by atoms with Gasteiger partial charge in [0.05, 0.1) is 34.2 Å². The van der Waals surface area contributed by atoms with Crippen molar-refractivity contribution in [2.75, 3.05) is 13.8 Å². The van der Waals surface area contributed by atoms with Crippen LogP contribution in [0.15, 0.2) is 64.8 Å². The second-order valence-corrected chi connectivity index (χ2v) is 11.3. The van der Waals surface area contributed by atoms with Crippen LogP contribution in [0.1, 0.15) is 32.0 Å². The van der Waals surface area contributed by atoms with Gasteiger partial charge in [0, 0.05) is 5.56 Å². The van der Waals surface area contributed by atoms with E-state index in [1.54, 1.807) is 38.1 Å². The van der Waals surface area contributed by atoms with Crippen molar-refractivity contribution in [3.8, 4) is 16.9 Å². The van der Waals surface area contributed by atoms with E-state index in [2.05, 4.69) is 20.0 Å². The average molecular weight is 627 g/mol. The van der Waals surface area contributed by atoms with Gasteiger partial charge in [-0.15, -0.1) is 5.01 Å². The van der Waals surface area contributed by atoms with Crippen molar-refractivity contribution in [1.82, 2.24) is 19.5 Å². The van der Waals surface area contributed by atoms with Gasteiger partial charge in [-0.3, -0.25) is 9.59 Å². The van der Waals surface area contributed by atoms with Gasteiger partial charge in [-0.05, 0) is 44.2 Å². The minimum absolute atomic E-state index is 0.128. The lowest BCUT2D eigenvalue weighted by atomic mass is 10.1. The first-order valence-corrected chi connectivity index (χ1v) is 14.1. The number of benzene rings is 2. The first kappa shape index (κ1) is 32.8. The van der Waals surface area contributed by atoms with Crippen LogP contribution >= 0.6 is 0 Å². The summed E-state index contributed by atoms with van der Waals surface area (Å²) in [6.45, 7) is 5.57. The molecule has 1 atom stereocenters. The standard InChI is InChI=1S/C26H29F3N6O7S/c1-16(2)25(37)41-15-42-32-35(38)33(5)18(4)24(36)31-43(39,40)21-12-10-20(11-13-21)34-22(14-23(30-34)26(27,28)29)19-8-6-17(3)7-9-19/h6-14,16,18H,15H2,1-5H3,(H,31,36)/b35-32-/t18-/m0/s1. The molecular formula is C26H29F3N6O7S. The van der Waals surface area contributed by atoms with E-state index in [1.807, 2.05) is 11.6 Å². The summed E-state index contributed by atoms with van der Waals surface area (Å²) in [5.74, 6) is -2.12. The molecule has 0 unspecified atom stereocenters. The van der Waals surface area contributed by atoms with Crippen LogP contribution in [-0.4, -0.2) is 59.9 Å². The summed E-state index contributed by atoms with van der Waals surface area (Å²) in [7, 11) is -3.33. The van der Waals surface area contributed by atoms with E-state index in [1.165, 1.54) is 19.1 Å². The SMILES string of the molecule is Cc1ccc(-c2cc(C(F)(F)F)nn2-c2ccc(S(=O)(=O)NC(=O)[C@H](C)N(C)/[N+]([O-])=N/OCOC(=O)C(C)C)cc2)cc1. The molecular weight excluding hydrogens is 597 g/mol. The molecule has 1 amide bonds. The number of carbonyl (C=O) groups excluding carboxylic acids is 2. The van der Waals surface area contributed by atoms with Crippen LogP contribution in [0.4, 0.5) is 13.2 Å². The Balaban J connectivity index is 1.75. The Morgan fingerprint density at radius 1 is 1.12 bits per heavy atom. The molecule has 13 nitrogen and oxygen atoms in total. The molecule has 1 N–H and O–H groups in total. The van der Waals surface area contributed by atoms with Gasteiger partial charge in [0.25, 0.3) is 22.7 Å². The molecule has 232 valence electrons. The number of esters is 1. The number of hydrogen-bond donors (Lipinski definition) is 1. The number of carbonyl (C=O) groups is 2. The van der Waals surface area contributed by atoms with Gasteiger partial charge < -0.3 is 14.8 Å². The Morgan fingerprint density at radius 3 is 2.28 bits per heavy atom. The molecule has 1 heterocycles. The lowest BCUT2D eigenvalue weighted by molar-refractivity contribution is -0.710. The number of likely N-dealkylation sites (N-methyl/N-ethyl adjacent to an activating group) is 1. The summed E-state index contributed by atoms with van der Waals surface area (Å²) < 4.78 is 73.7. The summed E-state index contributed by atoms with van der Waals surface area (Å²) in [5, 5.41) is 19.6. The monoisotopic (exact) mass is 626 g/mol. The maximum absolute atomic E-state index is 13.5. The summed E-state index contributed by atoms with van der Waals surface area (Å²) >= 11 is 0. The van der Waals surface area contributed by atoms with Gasteiger partial charge in [0.15, 0.2) is 11.7 Å². The maximum atomic E-state index is 13.5. The summed E-state index contributed by atoms with van der Waals surface area (Å²) in [6, 6.07) is 10.9. The van der Waals surface area contributed by atoms with Crippen LogP contribution in [0.25, 0.3) is 16.9 Å². The van der Waals surface area contributed by atoms with Gasteiger partial charge in [-0.1, -0.05) is 43.7 Å². The molecule has 0 aliphatic carbocycles. The Kier molecular flexibility index (Phi) is 10.0. The number of aryl methyl sites for hydroxylation is 1. The zero-order chi connectivity index (χ0) is 32.1. The van der Waals surface area contributed by atoms with Crippen LogP contribution in [0.3, 0.4) is 0 Å². The maximum Gasteiger partial charge on any atom is 0.435 e. The fourth-order valence-electron chi connectivity index (χ4n) is 3.39.